The third kappa shape index (κ3) is 1.60. The molecule has 0 radical (unpaired) electrons. The Bertz CT molecular complexity index is 867. The minimum Gasteiger partial charge on any atom is -0.309 e. The molecule has 0 bridgehead atoms. The Hall–Kier alpha value is -2.27. The fourth-order valence-electron chi connectivity index (χ4n) is 4.16. The third-order valence-electron chi connectivity index (χ3n) is 5.10. The molecule has 1 unspecified atom stereocenters. The smallest absolute Gasteiger partial charge is 0.268 e. The van der Waals surface area contributed by atoms with Crippen LogP contribution in [0.2, 0.25) is 0 Å². The quantitative estimate of drug-likeness (QED) is 0.804. The predicted octanol–water partition coefficient (Wildman–Crippen LogP) is 2.91. The van der Waals surface area contributed by atoms with Crippen molar-refractivity contribution < 1.29 is 9.59 Å². The van der Waals surface area contributed by atoms with E-state index < -0.39 is 4.87 Å². The highest BCUT2D eigenvalue weighted by molar-refractivity contribution is 8.02. The molecule has 0 aromatic heterocycles. The number of benzene rings is 2. The summed E-state index contributed by atoms with van der Waals surface area (Å²) < 4.78 is 0. The maximum atomic E-state index is 13.4. The van der Waals surface area contributed by atoms with Crippen LogP contribution in [-0.2, 0) is 20.9 Å². The van der Waals surface area contributed by atoms with E-state index in [0.717, 1.165) is 36.3 Å². The first-order chi connectivity index (χ1) is 11.7. The summed E-state index contributed by atoms with van der Waals surface area (Å²) in [6, 6.07) is 15.7. The number of amides is 2. The number of hydrogen-bond acceptors (Lipinski definition) is 3. The Morgan fingerprint density at radius 3 is 2.67 bits per heavy atom. The average molecular weight is 336 g/mol. The van der Waals surface area contributed by atoms with Gasteiger partial charge < -0.3 is 4.90 Å². The molecule has 3 aliphatic rings. The monoisotopic (exact) mass is 336 g/mol. The molecule has 5 rings (SSSR count). The fourth-order valence-corrected chi connectivity index (χ4v) is 5.51. The Balaban J connectivity index is 1.77. The van der Waals surface area contributed by atoms with Crippen molar-refractivity contribution in [3.05, 3.63) is 59.7 Å². The van der Waals surface area contributed by atoms with Crippen molar-refractivity contribution in [2.45, 2.75) is 17.7 Å². The van der Waals surface area contributed by atoms with E-state index in [1.807, 2.05) is 47.4 Å². The Morgan fingerprint density at radius 2 is 1.83 bits per heavy atom. The van der Waals surface area contributed by atoms with Gasteiger partial charge in [0.1, 0.15) is 0 Å². The molecule has 0 N–H and O–H groups in total. The van der Waals surface area contributed by atoms with Gasteiger partial charge in [0.25, 0.3) is 5.91 Å². The fraction of sp³-hybridized carbons (Fsp3) is 0.263. The minimum atomic E-state index is -0.936. The summed E-state index contributed by atoms with van der Waals surface area (Å²) in [6.07, 6.45) is 1.97. The number of aryl methyl sites for hydroxylation is 1. The van der Waals surface area contributed by atoms with E-state index in [1.165, 1.54) is 17.3 Å². The number of thioether (sulfide) groups is 1. The van der Waals surface area contributed by atoms with Crippen molar-refractivity contribution >= 4 is 35.0 Å². The molecule has 1 saturated heterocycles. The van der Waals surface area contributed by atoms with E-state index in [2.05, 4.69) is 6.07 Å². The number of anilines is 2. The summed E-state index contributed by atoms with van der Waals surface area (Å²) in [5, 5.41) is 0. The van der Waals surface area contributed by atoms with Crippen molar-refractivity contribution in [3.63, 3.8) is 0 Å². The van der Waals surface area contributed by atoms with Crippen LogP contribution in [-0.4, -0.2) is 24.1 Å². The van der Waals surface area contributed by atoms with Crippen LogP contribution < -0.4 is 9.80 Å². The van der Waals surface area contributed by atoms with Crippen molar-refractivity contribution in [1.82, 2.24) is 0 Å². The number of hydrogen-bond donors (Lipinski definition) is 0. The van der Waals surface area contributed by atoms with Gasteiger partial charge in [-0.05, 0) is 30.5 Å². The second kappa shape index (κ2) is 4.86. The van der Waals surface area contributed by atoms with Gasteiger partial charge in [-0.2, -0.15) is 0 Å². The van der Waals surface area contributed by atoms with Gasteiger partial charge >= 0.3 is 0 Å². The van der Waals surface area contributed by atoms with Crippen LogP contribution in [0.25, 0.3) is 0 Å². The lowest BCUT2D eigenvalue weighted by Crippen LogP contribution is -2.50. The van der Waals surface area contributed by atoms with E-state index in [-0.39, 0.29) is 11.8 Å². The molecule has 1 atom stereocenters. The van der Waals surface area contributed by atoms with Crippen LogP contribution in [0.3, 0.4) is 0 Å². The molecule has 2 amide bonds. The lowest BCUT2D eigenvalue weighted by Gasteiger charge is -2.33. The van der Waals surface area contributed by atoms with E-state index in [1.54, 1.807) is 4.90 Å². The topological polar surface area (TPSA) is 40.6 Å². The Morgan fingerprint density at radius 1 is 1.00 bits per heavy atom. The molecule has 5 heteroatoms. The van der Waals surface area contributed by atoms with Crippen LogP contribution >= 0.6 is 11.8 Å². The van der Waals surface area contributed by atoms with Gasteiger partial charge in [-0.15, -0.1) is 11.8 Å². The summed E-state index contributed by atoms with van der Waals surface area (Å²) in [5.41, 5.74) is 4.02. The molecule has 0 saturated carbocycles. The van der Waals surface area contributed by atoms with Crippen molar-refractivity contribution in [2.75, 3.05) is 22.1 Å². The first-order valence-electron chi connectivity index (χ1n) is 8.20. The van der Waals surface area contributed by atoms with Gasteiger partial charge in [0.2, 0.25) is 10.8 Å². The van der Waals surface area contributed by atoms with Crippen molar-refractivity contribution in [3.8, 4) is 0 Å². The highest BCUT2D eigenvalue weighted by atomic mass is 32.2. The first-order valence-corrected chi connectivity index (χ1v) is 9.18. The molecule has 2 aromatic carbocycles. The summed E-state index contributed by atoms with van der Waals surface area (Å²) in [4.78, 5) is 28.8. The van der Waals surface area contributed by atoms with E-state index >= 15 is 0 Å². The molecule has 1 spiro atoms. The highest BCUT2D eigenvalue weighted by Gasteiger charge is 2.61. The Kier molecular flexibility index (Phi) is 2.86. The van der Waals surface area contributed by atoms with Crippen LogP contribution in [0.15, 0.2) is 48.5 Å². The maximum Gasteiger partial charge on any atom is 0.268 e. The lowest BCUT2D eigenvalue weighted by molar-refractivity contribution is -0.123. The molecular formula is C19H16N2O2S. The number of nitrogens with zero attached hydrogens (tertiary/aromatic N) is 2. The van der Waals surface area contributed by atoms with Gasteiger partial charge in [-0.25, -0.2) is 0 Å². The molecule has 3 aliphatic heterocycles. The minimum absolute atomic E-state index is 0.00278. The van der Waals surface area contributed by atoms with Crippen LogP contribution in [0.5, 0.6) is 0 Å². The number of para-hydroxylation sites is 2. The molecule has 24 heavy (non-hydrogen) atoms. The van der Waals surface area contributed by atoms with Crippen LogP contribution in [0, 0.1) is 0 Å². The van der Waals surface area contributed by atoms with Crippen molar-refractivity contribution in [2.24, 2.45) is 0 Å². The molecule has 1 fully saturated rings. The van der Waals surface area contributed by atoms with Gasteiger partial charge in [-0.3, -0.25) is 14.5 Å². The standard InChI is InChI=1S/C19H16N2O2S/c22-16-12-24-19(21(16)14-8-2-1-3-9-14)15-10-4-6-13-7-5-11-20(17(13)15)18(19)23/h1-4,6,8-10H,5,7,11-12H2. The van der Waals surface area contributed by atoms with Gasteiger partial charge in [0.15, 0.2) is 0 Å². The second-order valence-electron chi connectivity index (χ2n) is 6.37. The third-order valence-corrected chi connectivity index (χ3v) is 6.49. The van der Waals surface area contributed by atoms with E-state index in [4.69, 9.17) is 0 Å². The lowest BCUT2D eigenvalue weighted by atomic mass is 9.98. The summed E-state index contributed by atoms with van der Waals surface area (Å²) in [7, 11) is 0. The Labute approximate surface area is 144 Å². The molecule has 2 aromatic rings. The normalized spacial score (nSPS) is 24.8. The molecule has 3 heterocycles. The van der Waals surface area contributed by atoms with E-state index in [0.29, 0.717) is 5.75 Å². The average Bonchev–Trinajstić information content (AvgIpc) is 3.09. The van der Waals surface area contributed by atoms with Gasteiger partial charge in [0, 0.05) is 17.8 Å². The summed E-state index contributed by atoms with van der Waals surface area (Å²) in [5.74, 6) is 0.361. The first kappa shape index (κ1) is 14.1. The molecule has 0 aliphatic carbocycles. The highest BCUT2D eigenvalue weighted by Crippen LogP contribution is 2.57. The zero-order chi connectivity index (χ0) is 16.3. The van der Waals surface area contributed by atoms with Crippen LogP contribution in [0.4, 0.5) is 11.4 Å². The summed E-state index contributed by atoms with van der Waals surface area (Å²) >= 11 is 1.45. The van der Waals surface area contributed by atoms with Gasteiger partial charge in [0.05, 0.1) is 11.4 Å². The largest absolute Gasteiger partial charge is 0.309 e. The molecule has 4 nitrogen and oxygen atoms in total. The molecular weight excluding hydrogens is 320 g/mol. The number of carbonyl (C=O) groups is 2. The van der Waals surface area contributed by atoms with Crippen LogP contribution in [0.1, 0.15) is 17.5 Å². The van der Waals surface area contributed by atoms with E-state index in [9.17, 15) is 9.59 Å². The maximum absolute atomic E-state index is 13.4. The predicted molar refractivity (Wildman–Crippen MR) is 95.2 cm³/mol. The number of rotatable bonds is 1. The number of fused-ring (bicyclic) bond motifs is 1. The van der Waals surface area contributed by atoms with Gasteiger partial charge in [-0.1, -0.05) is 36.4 Å². The summed E-state index contributed by atoms with van der Waals surface area (Å²) in [6.45, 7) is 0.738. The zero-order valence-corrected chi connectivity index (χ0v) is 13.9. The SMILES string of the molecule is O=C1CSC2(C(=O)N3CCCc4cccc2c43)N1c1ccccc1. The van der Waals surface area contributed by atoms with Crippen molar-refractivity contribution in [1.29, 1.82) is 0 Å². The number of carbonyl (C=O) groups excluding carboxylic acids is 2. The zero-order valence-electron chi connectivity index (χ0n) is 13.1. The second-order valence-corrected chi connectivity index (χ2v) is 7.54. The molecule has 120 valence electrons.